The zero-order valence-corrected chi connectivity index (χ0v) is 14.4. The van der Waals surface area contributed by atoms with Gasteiger partial charge in [-0.3, -0.25) is 0 Å². The summed E-state index contributed by atoms with van der Waals surface area (Å²) in [6, 6.07) is 6.00. The molecule has 0 saturated carbocycles. The van der Waals surface area contributed by atoms with Gasteiger partial charge in [-0.15, -0.1) is 0 Å². The number of halogens is 1. The first-order chi connectivity index (χ1) is 9.72. The van der Waals surface area contributed by atoms with Gasteiger partial charge in [0.25, 0.3) is 0 Å². The standard InChI is InChI=1S/C15H21BrN2OS/c1-3-19-12-4-5-13-14(10-12)18-15(17-13)20-9-7-11(2)6-8-16/h4-5,10-11H,3,6-9H2,1-2H3,(H,17,18). The number of aromatic amines is 1. The SMILES string of the molecule is CCOc1ccc2nc(SCCC(C)CCBr)[nH]c2c1. The van der Waals surface area contributed by atoms with E-state index >= 15 is 0 Å². The monoisotopic (exact) mass is 356 g/mol. The number of nitrogens with zero attached hydrogens (tertiary/aromatic N) is 1. The molecule has 0 aliphatic heterocycles. The normalized spacial score (nSPS) is 12.8. The van der Waals surface area contributed by atoms with Crippen LogP contribution in [0.4, 0.5) is 0 Å². The van der Waals surface area contributed by atoms with Crippen molar-refractivity contribution in [1.29, 1.82) is 0 Å². The van der Waals surface area contributed by atoms with E-state index in [2.05, 4.69) is 32.8 Å². The Labute approximate surface area is 133 Å². The number of ether oxygens (including phenoxy) is 1. The fourth-order valence-corrected chi connectivity index (χ4v) is 3.82. The first-order valence-electron chi connectivity index (χ1n) is 7.04. The van der Waals surface area contributed by atoms with Gasteiger partial charge < -0.3 is 9.72 Å². The third kappa shape index (κ3) is 4.42. The number of hydrogen-bond acceptors (Lipinski definition) is 3. The molecule has 0 aliphatic carbocycles. The number of thioether (sulfide) groups is 1. The van der Waals surface area contributed by atoms with E-state index in [1.54, 1.807) is 11.8 Å². The zero-order chi connectivity index (χ0) is 14.4. The molecule has 1 unspecified atom stereocenters. The van der Waals surface area contributed by atoms with Gasteiger partial charge in [-0.2, -0.15) is 0 Å². The van der Waals surface area contributed by atoms with Crippen LogP contribution < -0.4 is 4.74 Å². The molecule has 3 nitrogen and oxygen atoms in total. The summed E-state index contributed by atoms with van der Waals surface area (Å²) in [7, 11) is 0. The van der Waals surface area contributed by atoms with Crippen molar-refractivity contribution in [1.82, 2.24) is 9.97 Å². The highest BCUT2D eigenvalue weighted by molar-refractivity contribution is 9.09. The van der Waals surface area contributed by atoms with Gasteiger partial charge >= 0.3 is 0 Å². The van der Waals surface area contributed by atoms with Gasteiger partial charge in [-0.05, 0) is 37.8 Å². The van der Waals surface area contributed by atoms with Gasteiger partial charge in [-0.25, -0.2) is 4.98 Å². The molecule has 1 heterocycles. The van der Waals surface area contributed by atoms with E-state index in [9.17, 15) is 0 Å². The van der Waals surface area contributed by atoms with Gasteiger partial charge in [0, 0.05) is 17.1 Å². The summed E-state index contributed by atoms with van der Waals surface area (Å²) in [4.78, 5) is 7.96. The third-order valence-electron chi connectivity index (χ3n) is 3.19. The predicted octanol–water partition coefficient (Wildman–Crippen LogP) is 4.86. The van der Waals surface area contributed by atoms with Crippen molar-refractivity contribution in [2.45, 2.75) is 31.8 Å². The lowest BCUT2D eigenvalue weighted by Crippen LogP contribution is -1.97. The molecule has 0 bridgehead atoms. The topological polar surface area (TPSA) is 37.9 Å². The average Bonchev–Trinajstić information content (AvgIpc) is 2.81. The van der Waals surface area contributed by atoms with Gasteiger partial charge in [-0.1, -0.05) is 34.6 Å². The number of nitrogens with one attached hydrogen (secondary N) is 1. The Kier molecular flexibility index (Phi) is 6.23. The first-order valence-corrected chi connectivity index (χ1v) is 9.15. The maximum atomic E-state index is 5.50. The molecule has 1 aromatic heterocycles. The summed E-state index contributed by atoms with van der Waals surface area (Å²) in [6.45, 7) is 4.98. The predicted molar refractivity (Wildman–Crippen MR) is 90.2 cm³/mol. The van der Waals surface area contributed by atoms with Crippen molar-refractivity contribution >= 4 is 38.7 Å². The Morgan fingerprint density at radius 3 is 3.00 bits per heavy atom. The van der Waals surface area contributed by atoms with Crippen LogP contribution in [-0.2, 0) is 0 Å². The molecule has 1 atom stereocenters. The number of alkyl halides is 1. The summed E-state index contributed by atoms with van der Waals surface area (Å²) < 4.78 is 5.50. The Morgan fingerprint density at radius 1 is 1.40 bits per heavy atom. The van der Waals surface area contributed by atoms with Crippen molar-refractivity contribution in [2.75, 3.05) is 17.7 Å². The van der Waals surface area contributed by atoms with Crippen LogP contribution in [0.5, 0.6) is 5.75 Å². The minimum Gasteiger partial charge on any atom is -0.494 e. The number of imidazole rings is 1. The van der Waals surface area contributed by atoms with E-state index < -0.39 is 0 Å². The molecule has 110 valence electrons. The molecule has 0 amide bonds. The van der Waals surface area contributed by atoms with Crippen LogP contribution in [0.25, 0.3) is 11.0 Å². The van der Waals surface area contributed by atoms with Gasteiger partial charge in [0.15, 0.2) is 5.16 Å². The highest BCUT2D eigenvalue weighted by atomic mass is 79.9. The number of benzene rings is 1. The Bertz CT molecular complexity index is 544. The van der Waals surface area contributed by atoms with Crippen LogP contribution >= 0.6 is 27.7 Å². The lowest BCUT2D eigenvalue weighted by Gasteiger charge is -2.07. The fraction of sp³-hybridized carbons (Fsp3) is 0.533. The molecule has 0 fully saturated rings. The maximum absolute atomic E-state index is 5.50. The van der Waals surface area contributed by atoms with Crippen molar-refractivity contribution in [3.63, 3.8) is 0 Å². The smallest absolute Gasteiger partial charge is 0.166 e. The first kappa shape index (κ1) is 15.7. The highest BCUT2D eigenvalue weighted by Gasteiger charge is 2.06. The molecule has 1 aromatic carbocycles. The second-order valence-corrected chi connectivity index (χ2v) is 6.75. The second kappa shape index (κ2) is 7.93. The van der Waals surface area contributed by atoms with Crippen molar-refractivity contribution in [3.05, 3.63) is 18.2 Å². The van der Waals surface area contributed by atoms with Crippen LogP contribution in [0.1, 0.15) is 26.7 Å². The average molecular weight is 357 g/mol. The number of rotatable bonds is 8. The van der Waals surface area contributed by atoms with Crippen molar-refractivity contribution < 1.29 is 4.74 Å². The molecular weight excluding hydrogens is 336 g/mol. The number of H-pyrrole nitrogens is 1. The molecule has 0 saturated heterocycles. The molecule has 20 heavy (non-hydrogen) atoms. The Balaban J connectivity index is 1.94. The Hall–Kier alpha value is -0.680. The van der Waals surface area contributed by atoms with E-state index in [4.69, 9.17) is 4.74 Å². The highest BCUT2D eigenvalue weighted by Crippen LogP contribution is 2.24. The summed E-state index contributed by atoms with van der Waals surface area (Å²) in [5, 5.41) is 2.09. The second-order valence-electron chi connectivity index (χ2n) is 4.87. The van der Waals surface area contributed by atoms with E-state index in [-0.39, 0.29) is 0 Å². The summed E-state index contributed by atoms with van der Waals surface area (Å²) in [5.41, 5.74) is 2.05. The zero-order valence-electron chi connectivity index (χ0n) is 12.0. The van der Waals surface area contributed by atoms with E-state index in [0.717, 1.165) is 38.9 Å². The molecule has 0 radical (unpaired) electrons. The lowest BCUT2D eigenvalue weighted by atomic mass is 10.1. The van der Waals surface area contributed by atoms with Crippen LogP contribution in [-0.4, -0.2) is 27.7 Å². The fourth-order valence-electron chi connectivity index (χ4n) is 1.98. The van der Waals surface area contributed by atoms with E-state index in [1.165, 1.54) is 12.8 Å². The third-order valence-corrected chi connectivity index (χ3v) is 4.56. The lowest BCUT2D eigenvalue weighted by molar-refractivity contribution is 0.340. The van der Waals surface area contributed by atoms with Crippen LogP contribution in [0.15, 0.2) is 23.4 Å². The molecule has 2 rings (SSSR count). The van der Waals surface area contributed by atoms with Crippen LogP contribution in [0, 0.1) is 5.92 Å². The van der Waals surface area contributed by atoms with Gasteiger partial charge in [0.2, 0.25) is 0 Å². The van der Waals surface area contributed by atoms with Gasteiger partial charge in [0.1, 0.15) is 5.75 Å². The molecule has 0 aliphatic rings. The molecule has 1 N–H and O–H groups in total. The minimum atomic E-state index is 0.687. The molecule has 0 spiro atoms. The number of aromatic nitrogens is 2. The largest absolute Gasteiger partial charge is 0.494 e. The molecule has 2 aromatic rings. The van der Waals surface area contributed by atoms with Crippen LogP contribution in [0.2, 0.25) is 0 Å². The van der Waals surface area contributed by atoms with Gasteiger partial charge in [0.05, 0.1) is 17.6 Å². The summed E-state index contributed by atoms with van der Waals surface area (Å²) in [6.07, 6.45) is 2.45. The number of hydrogen-bond donors (Lipinski definition) is 1. The molecular formula is C15H21BrN2OS. The van der Waals surface area contributed by atoms with Crippen LogP contribution in [0.3, 0.4) is 0 Å². The quantitative estimate of drug-likeness (QED) is 0.541. The number of fused-ring (bicyclic) bond motifs is 1. The minimum absolute atomic E-state index is 0.687. The maximum Gasteiger partial charge on any atom is 0.166 e. The molecule has 5 heteroatoms. The van der Waals surface area contributed by atoms with E-state index in [0.29, 0.717) is 6.61 Å². The van der Waals surface area contributed by atoms with Crippen molar-refractivity contribution in [3.8, 4) is 5.75 Å². The summed E-state index contributed by atoms with van der Waals surface area (Å²) >= 11 is 5.29. The Morgan fingerprint density at radius 2 is 2.25 bits per heavy atom. The summed E-state index contributed by atoms with van der Waals surface area (Å²) in [5.74, 6) is 2.76. The van der Waals surface area contributed by atoms with E-state index in [1.807, 2.05) is 25.1 Å². The van der Waals surface area contributed by atoms with Crippen molar-refractivity contribution in [2.24, 2.45) is 5.92 Å².